The van der Waals surface area contributed by atoms with Crippen molar-refractivity contribution >= 4 is 5.97 Å². The predicted octanol–water partition coefficient (Wildman–Crippen LogP) is 4.88. The number of aromatic nitrogens is 3. The third kappa shape index (κ3) is 5.68. The minimum Gasteiger partial charge on any atom is -0.493 e. The number of imidazole rings is 1. The molecule has 2 aromatic carbocycles. The minimum absolute atomic E-state index is 0.286. The maximum atomic E-state index is 12.4. The summed E-state index contributed by atoms with van der Waals surface area (Å²) in [6.07, 6.45) is 4.48. The van der Waals surface area contributed by atoms with Crippen molar-refractivity contribution in [1.82, 2.24) is 15.0 Å². The van der Waals surface area contributed by atoms with Crippen LogP contribution in [-0.4, -0.2) is 34.1 Å². The van der Waals surface area contributed by atoms with Crippen LogP contribution in [0.15, 0.2) is 71.4 Å². The second-order valence-electron chi connectivity index (χ2n) is 7.61. The van der Waals surface area contributed by atoms with Crippen LogP contribution in [0.2, 0.25) is 0 Å². The van der Waals surface area contributed by atoms with Crippen molar-refractivity contribution in [3.63, 3.8) is 0 Å². The number of hydrogen-bond acceptors (Lipinski definition) is 6. The van der Waals surface area contributed by atoms with Crippen molar-refractivity contribution in [1.29, 1.82) is 0 Å². The molecule has 2 aromatic heterocycles. The van der Waals surface area contributed by atoms with E-state index in [2.05, 4.69) is 15.0 Å². The van der Waals surface area contributed by atoms with Crippen molar-refractivity contribution in [3.8, 4) is 17.2 Å². The maximum absolute atomic E-state index is 12.4. The molecule has 0 spiro atoms. The van der Waals surface area contributed by atoms with Crippen molar-refractivity contribution in [2.45, 2.75) is 32.6 Å². The molecule has 0 amide bonds. The zero-order valence-corrected chi connectivity index (χ0v) is 18.8. The molecule has 7 nitrogen and oxygen atoms in total. The van der Waals surface area contributed by atoms with Gasteiger partial charge in [-0.25, -0.2) is 9.97 Å². The molecule has 7 heteroatoms. The van der Waals surface area contributed by atoms with E-state index in [4.69, 9.17) is 13.9 Å². The van der Waals surface area contributed by atoms with Gasteiger partial charge in [0.15, 0.2) is 0 Å². The number of carbonyl (C=O) groups is 1. The van der Waals surface area contributed by atoms with E-state index in [-0.39, 0.29) is 5.97 Å². The van der Waals surface area contributed by atoms with Crippen LogP contribution in [0, 0.1) is 6.92 Å². The second-order valence-corrected chi connectivity index (χ2v) is 7.61. The largest absolute Gasteiger partial charge is 0.493 e. The summed E-state index contributed by atoms with van der Waals surface area (Å²) in [5, 5.41) is 0. The fourth-order valence-corrected chi connectivity index (χ4v) is 3.59. The minimum atomic E-state index is -0.472. The van der Waals surface area contributed by atoms with Gasteiger partial charge in [-0.2, -0.15) is 0 Å². The zero-order valence-electron chi connectivity index (χ0n) is 18.8. The summed E-state index contributed by atoms with van der Waals surface area (Å²) in [6.45, 7) is 4.54. The fourth-order valence-electron chi connectivity index (χ4n) is 3.59. The number of nitrogens with zero attached hydrogens (tertiary/aromatic N) is 2. The van der Waals surface area contributed by atoms with Gasteiger partial charge < -0.3 is 18.9 Å². The first kappa shape index (κ1) is 22.3. The highest BCUT2D eigenvalue weighted by Gasteiger charge is 2.24. The number of benzene rings is 2. The Hall–Kier alpha value is -3.87. The lowest BCUT2D eigenvalue weighted by atomic mass is 9.98. The molecule has 0 radical (unpaired) electrons. The predicted molar refractivity (Wildman–Crippen MR) is 124 cm³/mol. The molecule has 0 fully saturated rings. The highest BCUT2D eigenvalue weighted by Crippen LogP contribution is 2.23. The van der Waals surface area contributed by atoms with E-state index in [1.807, 2.05) is 61.5 Å². The molecule has 170 valence electrons. The highest BCUT2D eigenvalue weighted by atomic mass is 16.5. The number of aromatic amines is 1. The van der Waals surface area contributed by atoms with Gasteiger partial charge in [0.1, 0.15) is 23.3 Å². The summed E-state index contributed by atoms with van der Waals surface area (Å²) in [5.41, 5.74) is 2.84. The molecule has 0 saturated carbocycles. The molecule has 0 bridgehead atoms. The summed E-state index contributed by atoms with van der Waals surface area (Å²) in [7, 11) is 0. The van der Waals surface area contributed by atoms with Gasteiger partial charge in [0.05, 0.1) is 18.9 Å². The number of ether oxygens (including phenoxy) is 2. The van der Waals surface area contributed by atoms with Crippen LogP contribution in [0.25, 0.3) is 11.5 Å². The summed E-state index contributed by atoms with van der Waals surface area (Å²) in [6, 6.07) is 17.6. The van der Waals surface area contributed by atoms with E-state index in [9.17, 15) is 4.79 Å². The van der Waals surface area contributed by atoms with E-state index < -0.39 is 5.92 Å². The number of rotatable bonds is 10. The van der Waals surface area contributed by atoms with Crippen molar-refractivity contribution < 1.29 is 18.7 Å². The van der Waals surface area contributed by atoms with Crippen molar-refractivity contribution in [3.05, 3.63) is 89.8 Å². The van der Waals surface area contributed by atoms with E-state index >= 15 is 0 Å². The molecule has 1 unspecified atom stereocenters. The molecule has 0 aliphatic carbocycles. The number of carbonyl (C=O) groups excluding carboxylic acids is 1. The van der Waals surface area contributed by atoms with Gasteiger partial charge >= 0.3 is 5.97 Å². The Kier molecular flexibility index (Phi) is 7.19. The Bertz CT molecular complexity index is 1150. The van der Waals surface area contributed by atoms with Gasteiger partial charge in [0.25, 0.3) is 0 Å². The Balaban J connectivity index is 1.33. The van der Waals surface area contributed by atoms with Crippen LogP contribution < -0.4 is 4.74 Å². The first-order valence-electron chi connectivity index (χ1n) is 11.0. The van der Waals surface area contributed by atoms with Gasteiger partial charge in [0.2, 0.25) is 5.89 Å². The molecule has 0 aliphatic heterocycles. The first-order chi connectivity index (χ1) is 16.1. The van der Waals surface area contributed by atoms with Crippen LogP contribution in [0.1, 0.15) is 35.7 Å². The lowest BCUT2D eigenvalue weighted by molar-refractivity contribution is -0.145. The Morgan fingerprint density at radius 3 is 2.61 bits per heavy atom. The third-order valence-corrected chi connectivity index (χ3v) is 5.30. The van der Waals surface area contributed by atoms with Crippen LogP contribution >= 0.6 is 0 Å². The molecule has 1 N–H and O–H groups in total. The van der Waals surface area contributed by atoms with Crippen LogP contribution in [-0.2, 0) is 22.4 Å². The van der Waals surface area contributed by atoms with Crippen LogP contribution in [0.3, 0.4) is 0 Å². The Labute approximate surface area is 192 Å². The maximum Gasteiger partial charge on any atom is 0.316 e. The lowest BCUT2D eigenvalue weighted by Gasteiger charge is -2.14. The third-order valence-electron chi connectivity index (χ3n) is 5.30. The Morgan fingerprint density at radius 2 is 1.91 bits per heavy atom. The number of nitrogens with one attached hydrogen (secondary N) is 1. The first-order valence-corrected chi connectivity index (χ1v) is 11.0. The molecule has 0 saturated heterocycles. The quantitative estimate of drug-likeness (QED) is 0.350. The number of oxazole rings is 1. The average molecular weight is 446 g/mol. The number of hydrogen-bond donors (Lipinski definition) is 1. The topological polar surface area (TPSA) is 90.2 Å². The molecule has 33 heavy (non-hydrogen) atoms. The normalized spacial score (nSPS) is 11.8. The standard InChI is InChI=1S/C26H27N3O4/c1-3-31-26(30)22(24-27-14-15-28-24)17-19-9-11-21(12-10-19)32-16-13-23-18(2)33-25(29-23)20-7-5-4-6-8-20/h4-12,14-15,22H,3,13,16-17H2,1-2H3,(H,27,28). The molecule has 4 aromatic rings. The molecular formula is C26H27N3O4. The molecule has 4 rings (SSSR count). The van der Waals surface area contributed by atoms with Crippen LogP contribution in [0.5, 0.6) is 5.75 Å². The summed E-state index contributed by atoms with van der Waals surface area (Å²) in [5.74, 6) is 2.03. The summed E-state index contributed by atoms with van der Waals surface area (Å²) >= 11 is 0. The van der Waals surface area contributed by atoms with E-state index in [0.717, 1.165) is 28.3 Å². The zero-order chi connectivity index (χ0) is 23.0. The van der Waals surface area contributed by atoms with E-state index in [1.165, 1.54) is 0 Å². The van der Waals surface area contributed by atoms with Crippen molar-refractivity contribution in [2.24, 2.45) is 0 Å². The fraction of sp³-hybridized carbons (Fsp3) is 0.269. The smallest absolute Gasteiger partial charge is 0.316 e. The summed E-state index contributed by atoms with van der Waals surface area (Å²) in [4.78, 5) is 24.3. The SMILES string of the molecule is CCOC(=O)C(Cc1ccc(OCCc2nc(-c3ccccc3)oc2C)cc1)c1ncc[nH]1. The molecule has 2 heterocycles. The van der Waals surface area contributed by atoms with Crippen molar-refractivity contribution in [2.75, 3.05) is 13.2 Å². The van der Waals surface area contributed by atoms with E-state index in [1.54, 1.807) is 19.3 Å². The lowest BCUT2D eigenvalue weighted by Crippen LogP contribution is -2.19. The Morgan fingerprint density at radius 1 is 1.12 bits per heavy atom. The average Bonchev–Trinajstić information content (AvgIpc) is 3.49. The van der Waals surface area contributed by atoms with Crippen LogP contribution in [0.4, 0.5) is 0 Å². The molecule has 1 atom stereocenters. The molecule has 0 aliphatic rings. The number of H-pyrrole nitrogens is 1. The summed E-state index contributed by atoms with van der Waals surface area (Å²) < 4.78 is 16.9. The van der Waals surface area contributed by atoms with Gasteiger partial charge in [-0.15, -0.1) is 0 Å². The second kappa shape index (κ2) is 10.6. The number of esters is 1. The number of aryl methyl sites for hydroxylation is 1. The van der Waals surface area contributed by atoms with E-state index in [0.29, 0.717) is 37.8 Å². The van der Waals surface area contributed by atoms with Gasteiger partial charge in [-0.1, -0.05) is 30.3 Å². The molecular weight excluding hydrogens is 418 g/mol. The van der Waals surface area contributed by atoms with Gasteiger partial charge in [-0.05, 0) is 50.1 Å². The van der Waals surface area contributed by atoms with Gasteiger partial charge in [-0.3, -0.25) is 4.79 Å². The van der Waals surface area contributed by atoms with Gasteiger partial charge in [0, 0.05) is 24.4 Å². The highest BCUT2D eigenvalue weighted by molar-refractivity contribution is 5.77. The monoisotopic (exact) mass is 445 g/mol.